The molecule has 0 unspecified atom stereocenters. The van der Waals surface area contributed by atoms with E-state index in [0.717, 1.165) is 0 Å². The van der Waals surface area contributed by atoms with E-state index in [-0.39, 0.29) is 25.1 Å². The minimum absolute atomic E-state index is 0.111. The first-order valence-electron chi connectivity index (χ1n) is 8.15. The highest BCUT2D eigenvalue weighted by Gasteiger charge is 2.39. The number of halogens is 1. The first-order valence-corrected chi connectivity index (χ1v) is 9.55. The van der Waals surface area contributed by atoms with Crippen molar-refractivity contribution in [3.8, 4) is 0 Å². The zero-order valence-electron chi connectivity index (χ0n) is 13.7. The third-order valence-corrected chi connectivity index (χ3v) is 6.72. The van der Waals surface area contributed by atoms with Gasteiger partial charge in [-0.2, -0.15) is 17.0 Å². The van der Waals surface area contributed by atoms with Gasteiger partial charge in [0.1, 0.15) is 5.82 Å². The Bertz CT molecular complexity index is 662. The van der Waals surface area contributed by atoms with Crippen LogP contribution in [0.1, 0.15) is 24.4 Å². The van der Waals surface area contributed by atoms with Gasteiger partial charge in [0, 0.05) is 26.7 Å². The second-order valence-corrected chi connectivity index (χ2v) is 7.98. The molecule has 0 N–H and O–H groups in total. The molecule has 6 nitrogen and oxygen atoms in total. The molecule has 0 amide bonds. The normalized spacial score (nSPS) is 25.0. The zero-order chi connectivity index (χ0) is 17.2. The molecule has 0 saturated carbocycles. The van der Waals surface area contributed by atoms with Crippen LogP contribution in [-0.2, 0) is 19.7 Å². The molecule has 1 aromatic rings. The molecular weight excluding hydrogens is 335 g/mol. The summed E-state index contributed by atoms with van der Waals surface area (Å²) in [7, 11) is -1.97. The number of ether oxygens (including phenoxy) is 2. The van der Waals surface area contributed by atoms with Crippen LogP contribution in [0.5, 0.6) is 0 Å². The second-order valence-electron chi connectivity index (χ2n) is 6.10. The third kappa shape index (κ3) is 3.62. The van der Waals surface area contributed by atoms with Crippen LogP contribution in [0.15, 0.2) is 24.3 Å². The molecule has 24 heavy (non-hydrogen) atoms. The van der Waals surface area contributed by atoms with Gasteiger partial charge in [0.25, 0.3) is 10.2 Å². The predicted molar refractivity (Wildman–Crippen MR) is 87.2 cm³/mol. The van der Waals surface area contributed by atoms with Crippen LogP contribution >= 0.6 is 0 Å². The number of piperidine rings is 1. The number of morpholine rings is 1. The Balaban J connectivity index is 1.82. The van der Waals surface area contributed by atoms with Gasteiger partial charge in [-0.25, -0.2) is 4.39 Å². The van der Waals surface area contributed by atoms with Crippen molar-refractivity contribution in [2.45, 2.75) is 25.0 Å². The average molecular weight is 358 g/mol. The lowest BCUT2D eigenvalue weighted by atomic mass is 10.1. The topological polar surface area (TPSA) is 59.1 Å². The van der Waals surface area contributed by atoms with Gasteiger partial charge in [0.2, 0.25) is 0 Å². The van der Waals surface area contributed by atoms with Crippen LogP contribution in [0.4, 0.5) is 4.39 Å². The molecule has 8 heteroatoms. The van der Waals surface area contributed by atoms with Crippen molar-refractivity contribution in [3.63, 3.8) is 0 Å². The average Bonchev–Trinajstić information content (AvgIpc) is 2.62. The van der Waals surface area contributed by atoms with Crippen LogP contribution in [-0.4, -0.2) is 63.1 Å². The summed E-state index contributed by atoms with van der Waals surface area (Å²) in [6.07, 6.45) is 1.48. The van der Waals surface area contributed by atoms with Crippen molar-refractivity contribution in [2.75, 3.05) is 40.0 Å². The summed E-state index contributed by atoms with van der Waals surface area (Å²) in [5, 5.41) is 0. The van der Waals surface area contributed by atoms with E-state index >= 15 is 0 Å². The summed E-state index contributed by atoms with van der Waals surface area (Å²) < 4.78 is 53.4. The van der Waals surface area contributed by atoms with Gasteiger partial charge in [-0.1, -0.05) is 12.1 Å². The van der Waals surface area contributed by atoms with E-state index in [0.29, 0.717) is 38.1 Å². The molecule has 0 aliphatic carbocycles. The summed E-state index contributed by atoms with van der Waals surface area (Å²) in [6.45, 7) is 1.73. The van der Waals surface area contributed by atoms with Gasteiger partial charge < -0.3 is 9.47 Å². The number of methoxy groups -OCH3 is 1. The molecule has 2 heterocycles. The Morgan fingerprint density at radius 3 is 2.67 bits per heavy atom. The highest BCUT2D eigenvalue weighted by atomic mass is 32.2. The largest absolute Gasteiger partial charge is 0.381 e. The van der Waals surface area contributed by atoms with Crippen molar-refractivity contribution in [2.24, 2.45) is 0 Å². The Morgan fingerprint density at radius 2 is 2.00 bits per heavy atom. The van der Waals surface area contributed by atoms with E-state index in [9.17, 15) is 12.8 Å². The van der Waals surface area contributed by atoms with Crippen LogP contribution < -0.4 is 0 Å². The van der Waals surface area contributed by atoms with Crippen molar-refractivity contribution in [1.82, 2.24) is 8.61 Å². The number of rotatable bonds is 4. The van der Waals surface area contributed by atoms with Crippen LogP contribution in [0, 0.1) is 5.82 Å². The molecular formula is C16H23FN2O4S. The van der Waals surface area contributed by atoms with Gasteiger partial charge in [0.05, 0.1) is 25.4 Å². The number of hydrogen-bond donors (Lipinski definition) is 0. The van der Waals surface area contributed by atoms with Gasteiger partial charge in [-0.15, -0.1) is 0 Å². The van der Waals surface area contributed by atoms with Crippen molar-refractivity contribution in [3.05, 3.63) is 35.6 Å². The maximum atomic E-state index is 13.5. The van der Waals surface area contributed by atoms with Crippen LogP contribution in [0.3, 0.4) is 0 Å². The molecule has 3 rings (SSSR count). The summed E-state index contributed by atoms with van der Waals surface area (Å²) in [5.41, 5.74) is 0.616. The monoisotopic (exact) mass is 358 g/mol. The fraction of sp³-hybridized carbons (Fsp3) is 0.625. The van der Waals surface area contributed by atoms with Crippen molar-refractivity contribution >= 4 is 10.2 Å². The lowest BCUT2D eigenvalue weighted by Gasteiger charge is -2.40. The molecule has 2 saturated heterocycles. The first kappa shape index (κ1) is 17.8. The minimum atomic E-state index is -3.62. The summed E-state index contributed by atoms with van der Waals surface area (Å²) in [6, 6.07) is 5.55. The maximum Gasteiger partial charge on any atom is 0.282 e. The second kappa shape index (κ2) is 7.45. The van der Waals surface area contributed by atoms with Crippen LogP contribution in [0.2, 0.25) is 0 Å². The van der Waals surface area contributed by atoms with E-state index in [4.69, 9.17) is 9.47 Å². The van der Waals surface area contributed by atoms with Crippen molar-refractivity contribution in [1.29, 1.82) is 0 Å². The smallest absolute Gasteiger partial charge is 0.282 e. The number of nitrogens with zero attached hydrogens (tertiary/aromatic N) is 2. The lowest BCUT2D eigenvalue weighted by molar-refractivity contribution is 0.0250. The standard InChI is InChI=1S/C16H23FN2O4S/c1-22-15-5-7-18(8-6-15)24(20,21)19-9-10-23-12-16(19)13-3-2-4-14(17)11-13/h2-4,11,15-16H,5-10,12H2,1H3/t16-/m0/s1. The van der Waals surface area contributed by atoms with E-state index in [1.807, 2.05) is 0 Å². The first-order chi connectivity index (χ1) is 11.5. The molecule has 2 fully saturated rings. The van der Waals surface area contributed by atoms with E-state index < -0.39 is 16.3 Å². The quantitative estimate of drug-likeness (QED) is 0.820. The number of hydrogen-bond acceptors (Lipinski definition) is 4. The van der Waals surface area contributed by atoms with Gasteiger partial charge in [-0.3, -0.25) is 0 Å². The summed E-state index contributed by atoms with van der Waals surface area (Å²) in [4.78, 5) is 0. The molecule has 0 bridgehead atoms. The fourth-order valence-electron chi connectivity index (χ4n) is 3.29. The van der Waals surface area contributed by atoms with E-state index in [1.54, 1.807) is 19.2 Å². The Labute approximate surface area is 142 Å². The fourth-order valence-corrected chi connectivity index (χ4v) is 5.07. The lowest BCUT2D eigenvalue weighted by Crippen LogP contribution is -2.52. The van der Waals surface area contributed by atoms with Gasteiger partial charge in [0.15, 0.2) is 0 Å². The van der Waals surface area contributed by atoms with E-state index in [2.05, 4.69) is 0 Å². The summed E-state index contributed by atoms with van der Waals surface area (Å²) in [5.74, 6) is -0.378. The molecule has 2 aliphatic rings. The highest BCUT2D eigenvalue weighted by molar-refractivity contribution is 7.86. The van der Waals surface area contributed by atoms with Gasteiger partial charge in [-0.05, 0) is 30.5 Å². The molecule has 1 aromatic carbocycles. The maximum absolute atomic E-state index is 13.5. The molecule has 0 spiro atoms. The number of benzene rings is 1. The Morgan fingerprint density at radius 1 is 1.25 bits per heavy atom. The molecule has 2 aliphatic heterocycles. The minimum Gasteiger partial charge on any atom is -0.381 e. The molecule has 134 valence electrons. The Kier molecular flexibility index (Phi) is 5.51. The predicted octanol–water partition coefficient (Wildman–Crippen LogP) is 1.55. The SMILES string of the molecule is COC1CCN(S(=O)(=O)N2CCOC[C@H]2c2cccc(F)c2)CC1. The molecule has 1 atom stereocenters. The third-order valence-electron chi connectivity index (χ3n) is 4.67. The van der Waals surface area contributed by atoms with Crippen LogP contribution in [0.25, 0.3) is 0 Å². The van der Waals surface area contributed by atoms with Gasteiger partial charge >= 0.3 is 0 Å². The molecule has 0 aromatic heterocycles. The molecule has 0 radical (unpaired) electrons. The summed E-state index contributed by atoms with van der Waals surface area (Å²) >= 11 is 0. The highest BCUT2D eigenvalue weighted by Crippen LogP contribution is 2.30. The Hall–Kier alpha value is -1.06. The van der Waals surface area contributed by atoms with Crippen molar-refractivity contribution < 1.29 is 22.3 Å². The van der Waals surface area contributed by atoms with E-state index in [1.165, 1.54) is 20.7 Å². The zero-order valence-corrected chi connectivity index (χ0v) is 14.5.